The molecule has 1 aromatic carbocycles. The highest BCUT2D eigenvalue weighted by Crippen LogP contribution is 2.43. The van der Waals surface area contributed by atoms with Gasteiger partial charge in [0.05, 0.1) is 25.0 Å². The second kappa shape index (κ2) is 9.98. The number of aromatic nitrogens is 4. The molecule has 0 saturated heterocycles. The molecule has 0 saturated carbocycles. The molecule has 2 aromatic heterocycles. The van der Waals surface area contributed by atoms with Gasteiger partial charge in [-0.25, -0.2) is 14.4 Å². The van der Waals surface area contributed by atoms with Crippen molar-refractivity contribution in [2.75, 3.05) is 18.5 Å². The zero-order valence-corrected chi connectivity index (χ0v) is 20.3. The molecule has 0 amide bonds. The van der Waals surface area contributed by atoms with Crippen LogP contribution in [0.1, 0.15) is 23.7 Å². The van der Waals surface area contributed by atoms with Crippen LogP contribution < -0.4 is 5.32 Å². The van der Waals surface area contributed by atoms with Gasteiger partial charge < -0.3 is 20.4 Å². The highest BCUT2D eigenvalue weighted by atomic mass is 19.4. The van der Waals surface area contributed by atoms with Crippen LogP contribution in [0.5, 0.6) is 5.75 Å². The molecule has 1 aliphatic heterocycles. The van der Waals surface area contributed by atoms with Gasteiger partial charge in [-0.05, 0) is 36.2 Å². The highest BCUT2D eigenvalue weighted by Gasteiger charge is 2.70. The first-order valence-corrected chi connectivity index (χ1v) is 11.3. The van der Waals surface area contributed by atoms with Gasteiger partial charge in [0.1, 0.15) is 23.8 Å². The Morgan fingerprint density at radius 3 is 2.41 bits per heavy atom. The smallest absolute Gasteiger partial charge is 0.428 e. The number of phenols is 1. The van der Waals surface area contributed by atoms with E-state index in [4.69, 9.17) is 4.84 Å². The molecule has 1 atom stereocenters. The van der Waals surface area contributed by atoms with Crippen molar-refractivity contribution >= 4 is 11.5 Å². The number of rotatable bonds is 7. The Labute approximate surface area is 215 Å². The first-order valence-electron chi connectivity index (χ1n) is 11.3. The van der Waals surface area contributed by atoms with Crippen molar-refractivity contribution in [1.82, 2.24) is 19.7 Å². The minimum Gasteiger partial charge on any atom is -0.508 e. The third-order valence-corrected chi connectivity index (χ3v) is 6.07. The third-order valence-electron chi connectivity index (χ3n) is 6.07. The van der Waals surface area contributed by atoms with Crippen molar-refractivity contribution in [2.24, 2.45) is 11.1 Å². The average Bonchev–Trinajstić information content (AvgIpc) is 3.44. The fraction of sp³-hybridized carbons (Fsp3) is 0.391. The number of aromatic hydroxyl groups is 1. The molecule has 1 unspecified atom stereocenters. The van der Waals surface area contributed by atoms with Crippen molar-refractivity contribution in [3.63, 3.8) is 0 Å². The molecule has 16 heteroatoms. The molecule has 0 fully saturated rings. The molecule has 3 aromatic rings. The largest absolute Gasteiger partial charge is 0.508 e. The topological polar surface area (TPSA) is 118 Å². The molecule has 0 radical (unpaired) electrons. The van der Waals surface area contributed by atoms with E-state index in [1.165, 1.54) is 16.8 Å². The van der Waals surface area contributed by atoms with Crippen LogP contribution in [0.15, 0.2) is 35.6 Å². The predicted molar refractivity (Wildman–Crippen MR) is 122 cm³/mol. The van der Waals surface area contributed by atoms with Gasteiger partial charge in [0.25, 0.3) is 5.60 Å². The number of nitrogens with one attached hydrogen (secondary N) is 1. The number of aliphatic hydroxyl groups is 1. The Morgan fingerprint density at radius 1 is 1.13 bits per heavy atom. The van der Waals surface area contributed by atoms with Crippen LogP contribution in [0.4, 0.5) is 36.6 Å². The Morgan fingerprint density at radius 2 is 1.82 bits per heavy atom. The molecular weight excluding hydrogens is 541 g/mol. The summed E-state index contributed by atoms with van der Waals surface area (Å²) in [5.41, 5.74) is -2.70. The van der Waals surface area contributed by atoms with Gasteiger partial charge in [0.15, 0.2) is 17.5 Å². The number of phenolic OH excluding ortho intramolecular Hbond substituents is 1. The lowest BCUT2D eigenvalue weighted by atomic mass is 10.0. The second-order valence-electron chi connectivity index (χ2n) is 8.96. The summed E-state index contributed by atoms with van der Waals surface area (Å²) in [6.45, 7) is 1.91. The van der Waals surface area contributed by atoms with Crippen LogP contribution in [0, 0.1) is 18.7 Å². The lowest BCUT2D eigenvalue weighted by molar-refractivity contribution is -0.362. The van der Waals surface area contributed by atoms with E-state index in [1.807, 2.05) is 6.92 Å². The standard InChI is InChI=1S/C23H21F7N6O3/c1-11-5-14(37)4-3-13(11)8-36-17(18-12(2)9-39-35-18)6-16(34-36)20-31-7-15(24)19(33-20)32-10-21(38,22(25,26)27)23(28,29)30/h3-7,12,37-38H,8-10H2,1-2H3,(H,31,32,33). The maximum absolute atomic E-state index is 14.3. The number of alkyl halides is 6. The van der Waals surface area contributed by atoms with Crippen LogP contribution >= 0.6 is 0 Å². The minimum absolute atomic E-state index is 0.00758. The summed E-state index contributed by atoms with van der Waals surface area (Å²) in [5, 5.41) is 29.1. The molecule has 9 nitrogen and oxygen atoms in total. The summed E-state index contributed by atoms with van der Waals surface area (Å²) in [6, 6.07) is 6.17. The van der Waals surface area contributed by atoms with E-state index in [1.54, 1.807) is 24.4 Å². The van der Waals surface area contributed by atoms with Crippen molar-refractivity contribution in [1.29, 1.82) is 0 Å². The van der Waals surface area contributed by atoms with Gasteiger partial charge in [0, 0.05) is 5.92 Å². The first-order chi connectivity index (χ1) is 18.1. The van der Waals surface area contributed by atoms with E-state index >= 15 is 0 Å². The quantitative estimate of drug-likeness (QED) is 0.370. The van der Waals surface area contributed by atoms with Crippen LogP contribution in [0.25, 0.3) is 11.5 Å². The van der Waals surface area contributed by atoms with Crippen LogP contribution in [-0.2, 0) is 11.4 Å². The molecule has 3 heterocycles. The van der Waals surface area contributed by atoms with E-state index < -0.39 is 36.1 Å². The van der Waals surface area contributed by atoms with Crippen LogP contribution in [-0.4, -0.2) is 66.8 Å². The summed E-state index contributed by atoms with van der Waals surface area (Å²) in [5.74, 6) is -2.78. The maximum atomic E-state index is 14.3. The number of nitrogens with zero attached hydrogens (tertiary/aromatic N) is 5. The SMILES string of the molecule is Cc1cc(O)ccc1Cn1nc(-c2ncc(F)c(NCC(O)(C(F)(F)F)C(F)(F)F)n2)cc1C1=NOCC1C. The number of hydrogen-bond donors (Lipinski definition) is 3. The Balaban J connectivity index is 1.70. The molecule has 0 bridgehead atoms. The number of benzene rings is 1. The molecule has 4 rings (SSSR count). The van der Waals surface area contributed by atoms with E-state index in [0.29, 0.717) is 17.6 Å². The van der Waals surface area contributed by atoms with E-state index in [-0.39, 0.29) is 36.3 Å². The molecule has 1 aliphatic rings. The van der Waals surface area contributed by atoms with E-state index in [9.17, 15) is 40.9 Å². The molecule has 0 spiro atoms. The van der Waals surface area contributed by atoms with Gasteiger partial charge in [-0.2, -0.15) is 31.4 Å². The van der Waals surface area contributed by atoms with Gasteiger partial charge in [-0.3, -0.25) is 4.68 Å². The van der Waals surface area contributed by atoms with Crippen LogP contribution in [0.3, 0.4) is 0 Å². The number of aryl methyl sites for hydroxylation is 1. The summed E-state index contributed by atoms with van der Waals surface area (Å²) < 4.78 is 93.9. The van der Waals surface area contributed by atoms with Gasteiger partial charge in [0.2, 0.25) is 0 Å². The highest BCUT2D eigenvalue weighted by molar-refractivity contribution is 6.01. The van der Waals surface area contributed by atoms with Crippen molar-refractivity contribution < 1.29 is 45.8 Å². The fourth-order valence-corrected chi connectivity index (χ4v) is 3.75. The number of oxime groups is 1. The zero-order chi connectivity index (χ0) is 28.8. The zero-order valence-electron chi connectivity index (χ0n) is 20.3. The summed E-state index contributed by atoms with van der Waals surface area (Å²) in [4.78, 5) is 12.6. The molecule has 210 valence electrons. The Bertz CT molecular complexity index is 1390. The van der Waals surface area contributed by atoms with E-state index in [0.717, 1.165) is 11.1 Å². The Hall–Kier alpha value is -3.95. The summed E-state index contributed by atoms with van der Waals surface area (Å²) >= 11 is 0. The average molecular weight is 562 g/mol. The van der Waals surface area contributed by atoms with E-state index in [2.05, 4.69) is 20.2 Å². The van der Waals surface area contributed by atoms with Crippen molar-refractivity contribution in [2.45, 2.75) is 38.3 Å². The number of anilines is 1. The van der Waals surface area contributed by atoms with Crippen molar-refractivity contribution in [3.8, 4) is 17.3 Å². The lowest BCUT2D eigenvalue weighted by Crippen LogP contribution is -2.61. The van der Waals surface area contributed by atoms with Gasteiger partial charge in [-0.1, -0.05) is 18.1 Å². The monoisotopic (exact) mass is 562 g/mol. The normalized spacial score (nSPS) is 16.3. The fourth-order valence-electron chi connectivity index (χ4n) is 3.75. The molecular formula is C23H21F7N6O3. The van der Waals surface area contributed by atoms with Gasteiger partial charge in [-0.15, -0.1) is 0 Å². The molecule has 39 heavy (non-hydrogen) atoms. The molecule has 0 aliphatic carbocycles. The lowest BCUT2D eigenvalue weighted by Gasteiger charge is -2.32. The maximum Gasteiger partial charge on any atom is 0.428 e. The summed E-state index contributed by atoms with van der Waals surface area (Å²) in [6.07, 6.45) is -11.7. The predicted octanol–water partition coefficient (Wildman–Crippen LogP) is 4.18. The minimum atomic E-state index is -6.11. The van der Waals surface area contributed by atoms with Gasteiger partial charge >= 0.3 is 12.4 Å². The second-order valence-corrected chi connectivity index (χ2v) is 8.96. The summed E-state index contributed by atoms with van der Waals surface area (Å²) in [7, 11) is 0. The number of halogens is 7. The van der Waals surface area contributed by atoms with Crippen molar-refractivity contribution in [3.05, 3.63) is 53.1 Å². The number of hydrogen-bond acceptors (Lipinski definition) is 8. The Kier molecular flexibility index (Phi) is 7.18. The van der Waals surface area contributed by atoms with Crippen LogP contribution in [0.2, 0.25) is 0 Å². The first kappa shape index (κ1) is 28.1. The third kappa shape index (κ3) is 5.46. The molecule has 3 N–H and O–H groups in total.